The van der Waals surface area contributed by atoms with E-state index in [1.165, 1.54) is 12.8 Å². The summed E-state index contributed by atoms with van der Waals surface area (Å²) in [7, 11) is 0. The Balaban J connectivity index is 2.48. The Morgan fingerprint density at radius 3 is 2.80 bits per heavy atom. The molecule has 1 heterocycles. The minimum Gasteiger partial charge on any atom is -0.476 e. The van der Waals surface area contributed by atoms with Gasteiger partial charge in [-0.1, -0.05) is 26.2 Å². The Morgan fingerprint density at radius 2 is 2.27 bits per heavy atom. The Labute approximate surface area is 88.9 Å². The van der Waals surface area contributed by atoms with Gasteiger partial charge in [0.2, 0.25) is 0 Å². The molecule has 5 heteroatoms. The molecular formula is C10H17N3O2. The highest BCUT2D eigenvalue weighted by Crippen LogP contribution is 2.10. The van der Waals surface area contributed by atoms with E-state index in [0.29, 0.717) is 0 Å². The van der Waals surface area contributed by atoms with E-state index < -0.39 is 5.97 Å². The average molecular weight is 211 g/mol. The minimum absolute atomic E-state index is 0.0505. The van der Waals surface area contributed by atoms with E-state index in [0.717, 1.165) is 19.4 Å². The van der Waals surface area contributed by atoms with Gasteiger partial charge in [-0.3, -0.25) is 4.68 Å². The topological polar surface area (TPSA) is 81.1 Å². The fourth-order valence-corrected chi connectivity index (χ4v) is 1.42. The third-order valence-corrected chi connectivity index (χ3v) is 2.23. The van der Waals surface area contributed by atoms with Crippen molar-refractivity contribution in [2.45, 2.75) is 39.2 Å². The molecule has 0 amide bonds. The molecular weight excluding hydrogens is 194 g/mol. The number of rotatable bonds is 6. The monoisotopic (exact) mass is 211 g/mol. The van der Waals surface area contributed by atoms with Gasteiger partial charge in [0, 0.05) is 12.7 Å². The molecule has 1 aromatic rings. The fourth-order valence-electron chi connectivity index (χ4n) is 1.42. The van der Waals surface area contributed by atoms with Crippen LogP contribution in [0, 0.1) is 0 Å². The maximum Gasteiger partial charge on any atom is 0.358 e. The van der Waals surface area contributed by atoms with Crippen LogP contribution in [0.1, 0.15) is 43.1 Å². The van der Waals surface area contributed by atoms with Crippen LogP contribution >= 0.6 is 0 Å². The van der Waals surface area contributed by atoms with Crippen LogP contribution in [0.5, 0.6) is 0 Å². The van der Waals surface area contributed by atoms with Crippen molar-refractivity contribution in [2.75, 3.05) is 5.73 Å². The van der Waals surface area contributed by atoms with E-state index in [-0.39, 0.29) is 11.4 Å². The lowest BCUT2D eigenvalue weighted by atomic mass is 10.2. The van der Waals surface area contributed by atoms with Crippen LogP contribution in [-0.4, -0.2) is 20.9 Å². The number of nitrogens with two attached hydrogens (primary N) is 1. The lowest BCUT2D eigenvalue weighted by molar-refractivity contribution is 0.0690. The number of anilines is 1. The van der Waals surface area contributed by atoms with Crippen LogP contribution in [0.2, 0.25) is 0 Å². The number of hydrogen-bond acceptors (Lipinski definition) is 3. The Morgan fingerprint density at radius 1 is 1.53 bits per heavy atom. The average Bonchev–Trinajstić information content (AvgIpc) is 2.55. The lowest BCUT2D eigenvalue weighted by Gasteiger charge is -1.99. The van der Waals surface area contributed by atoms with Crippen LogP contribution in [0.15, 0.2) is 6.20 Å². The van der Waals surface area contributed by atoms with Crippen molar-refractivity contribution in [1.82, 2.24) is 9.78 Å². The first kappa shape index (κ1) is 11.6. The number of aromatic nitrogens is 2. The molecule has 0 aliphatic carbocycles. The van der Waals surface area contributed by atoms with Crippen molar-refractivity contribution < 1.29 is 9.90 Å². The van der Waals surface area contributed by atoms with Crippen LogP contribution in [0.3, 0.4) is 0 Å². The molecule has 0 aromatic carbocycles. The first-order valence-corrected chi connectivity index (χ1v) is 5.21. The van der Waals surface area contributed by atoms with Gasteiger partial charge < -0.3 is 10.8 Å². The second kappa shape index (κ2) is 5.38. The minimum atomic E-state index is -1.07. The number of nitrogen functional groups attached to an aromatic ring is 1. The summed E-state index contributed by atoms with van der Waals surface area (Å²) in [5.41, 5.74) is 5.69. The van der Waals surface area contributed by atoms with E-state index in [4.69, 9.17) is 10.8 Å². The predicted octanol–water partition coefficient (Wildman–Crippen LogP) is 1.74. The zero-order chi connectivity index (χ0) is 11.3. The molecule has 1 aromatic heterocycles. The van der Waals surface area contributed by atoms with Crippen molar-refractivity contribution in [2.24, 2.45) is 0 Å². The van der Waals surface area contributed by atoms with Crippen molar-refractivity contribution in [3.8, 4) is 0 Å². The molecule has 0 saturated carbocycles. The molecule has 0 unspecified atom stereocenters. The Bertz CT molecular complexity index is 333. The predicted molar refractivity (Wildman–Crippen MR) is 57.7 cm³/mol. The molecule has 0 aliphatic rings. The summed E-state index contributed by atoms with van der Waals surface area (Å²) in [6, 6.07) is 0. The van der Waals surface area contributed by atoms with Crippen molar-refractivity contribution in [3.05, 3.63) is 11.9 Å². The highest BCUT2D eigenvalue weighted by atomic mass is 16.4. The van der Waals surface area contributed by atoms with E-state index in [1.807, 2.05) is 0 Å². The molecule has 0 bridgehead atoms. The van der Waals surface area contributed by atoms with Crippen LogP contribution in [0.25, 0.3) is 0 Å². The van der Waals surface area contributed by atoms with Gasteiger partial charge in [0.05, 0.1) is 5.69 Å². The smallest absolute Gasteiger partial charge is 0.358 e. The summed E-state index contributed by atoms with van der Waals surface area (Å²) in [5.74, 6) is -1.07. The van der Waals surface area contributed by atoms with Gasteiger partial charge in [-0.2, -0.15) is 5.10 Å². The molecule has 0 spiro atoms. The molecule has 15 heavy (non-hydrogen) atoms. The third kappa shape index (κ3) is 3.27. The summed E-state index contributed by atoms with van der Waals surface area (Å²) in [4.78, 5) is 10.7. The number of aryl methyl sites for hydroxylation is 1. The van der Waals surface area contributed by atoms with Crippen molar-refractivity contribution in [3.63, 3.8) is 0 Å². The second-order valence-electron chi connectivity index (χ2n) is 3.56. The molecule has 0 fully saturated rings. The van der Waals surface area contributed by atoms with E-state index in [2.05, 4.69) is 12.0 Å². The molecule has 0 atom stereocenters. The van der Waals surface area contributed by atoms with E-state index >= 15 is 0 Å². The van der Waals surface area contributed by atoms with Gasteiger partial charge in [-0.25, -0.2) is 4.79 Å². The first-order chi connectivity index (χ1) is 7.15. The number of carboxylic acid groups (broad SMARTS) is 1. The van der Waals surface area contributed by atoms with Crippen LogP contribution < -0.4 is 5.73 Å². The lowest BCUT2D eigenvalue weighted by Crippen LogP contribution is -2.03. The highest BCUT2D eigenvalue weighted by Gasteiger charge is 2.12. The third-order valence-electron chi connectivity index (χ3n) is 2.23. The quantitative estimate of drug-likeness (QED) is 0.702. The van der Waals surface area contributed by atoms with Gasteiger partial charge in [-0.05, 0) is 6.42 Å². The van der Waals surface area contributed by atoms with Crippen molar-refractivity contribution >= 4 is 11.7 Å². The number of unbranched alkanes of at least 4 members (excludes halogenated alkanes) is 3. The highest BCUT2D eigenvalue weighted by molar-refractivity contribution is 5.91. The Kier molecular flexibility index (Phi) is 4.15. The van der Waals surface area contributed by atoms with E-state index in [9.17, 15) is 4.79 Å². The zero-order valence-corrected chi connectivity index (χ0v) is 8.94. The number of aromatic carboxylic acids is 1. The molecule has 0 aliphatic heterocycles. The maximum atomic E-state index is 10.7. The number of hydrogen-bond donors (Lipinski definition) is 2. The van der Waals surface area contributed by atoms with Crippen LogP contribution in [0.4, 0.5) is 5.69 Å². The van der Waals surface area contributed by atoms with Gasteiger partial charge in [0.1, 0.15) is 0 Å². The van der Waals surface area contributed by atoms with Gasteiger partial charge in [0.25, 0.3) is 0 Å². The second-order valence-corrected chi connectivity index (χ2v) is 3.56. The molecule has 1 rings (SSSR count). The number of nitrogens with zero attached hydrogens (tertiary/aromatic N) is 2. The standard InChI is InChI=1S/C10H17N3O2/c1-2-3-4-5-6-13-7-8(11)9(12-13)10(14)15/h7H,2-6,11H2,1H3,(H,14,15). The summed E-state index contributed by atoms with van der Waals surface area (Å²) in [6.45, 7) is 2.88. The molecule has 5 nitrogen and oxygen atoms in total. The number of carboxylic acids is 1. The summed E-state index contributed by atoms with van der Waals surface area (Å²) >= 11 is 0. The zero-order valence-electron chi connectivity index (χ0n) is 8.94. The SMILES string of the molecule is CCCCCCn1cc(N)c(C(=O)O)n1. The number of carbonyl (C=O) groups is 1. The fraction of sp³-hybridized carbons (Fsp3) is 0.600. The maximum absolute atomic E-state index is 10.7. The molecule has 3 N–H and O–H groups in total. The molecule has 84 valence electrons. The molecule has 0 saturated heterocycles. The van der Waals surface area contributed by atoms with Crippen LogP contribution in [-0.2, 0) is 6.54 Å². The summed E-state index contributed by atoms with van der Waals surface area (Å²) in [5, 5.41) is 12.6. The van der Waals surface area contributed by atoms with Gasteiger partial charge >= 0.3 is 5.97 Å². The first-order valence-electron chi connectivity index (χ1n) is 5.21. The van der Waals surface area contributed by atoms with Crippen molar-refractivity contribution in [1.29, 1.82) is 0 Å². The summed E-state index contributed by atoms with van der Waals surface area (Å²) in [6.07, 6.45) is 6.10. The van der Waals surface area contributed by atoms with Gasteiger partial charge in [-0.15, -0.1) is 0 Å². The van der Waals surface area contributed by atoms with E-state index in [1.54, 1.807) is 10.9 Å². The normalized spacial score (nSPS) is 10.5. The largest absolute Gasteiger partial charge is 0.476 e. The Hall–Kier alpha value is -1.52. The van der Waals surface area contributed by atoms with Gasteiger partial charge in [0.15, 0.2) is 5.69 Å². The molecule has 0 radical (unpaired) electrons. The summed E-state index contributed by atoms with van der Waals surface area (Å²) < 4.78 is 1.61.